The Balaban J connectivity index is 1.95. The molecule has 1 aliphatic heterocycles. The van der Waals surface area contributed by atoms with Gasteiger partial charge in [0.25, 0.3) is 0 Å². The summed E-state index contributed by atoms with van der Waals surface area (Å²) in [5, 5.41) is 19.5. The summed E-state index contributed by atoms with van der Waals surface area (Å²) in [7, 11) is 1.68. The fourth-order valence-electron chi connectivity index (χ4n) is 3.46. The number of hydrogen-bond acceptors (Lipinski definition) is 3. The van der Waals surface area contributed by atoms with Crippen LogP contribution in [0.5, 0.6) is 0 Å². The predicted octanol–water partition coefficient (Wildman–Crippen LogP) is 1.14. The monoisotopic (exact) mass is 284 g/mol. The molecular formula is C14H24N2O4. The number of hydrogen-bond donors (Lipinski definition) is 2. The van der Waals surface area contributed by atoms with Crippen LogP contribution in [0.25, 0.3) is 0 Å². The zero-order valence-corrected chi connectivity index (χ0v) is 12.2. The molecule has 2 amide bonds. The average molecular weight is 284 g/mol. The Morgan fingerprint density at radius 2 is 1.95 bits per heavy atom. The van der Waals surface area contributed by atoms with Crippen LogP contribution >= 0.6 is 0 Å². The third-order valence-electron chi connectivity index (χ3n) is 4.71. The van der Waals surface area contributed by atoms with Gasteiger partial charge in [0.2, 0.25) is 0 Å². The number of likely N-dealkylation sites (N-methyl/N-ethyl adjacent to an activating group) is 1. The molecule has 2 rings (SSSR count). The number of carboxylic acids is 1. The van der Waals surface area contributed by atoms with Gasteiger partial charge in [-0.1, -0.05) is 12.8 Å². The van der Waals surface area contributed by atoms with Crippen molar-refractivity contribution in [2.24, 2.45) is 5.92 Å². The molecule has 2 N–H and O–H groups in total. The molecule has 20 heavy (non-hydrogen) atoms. The smallest absolute Gasteiger partial charge is 0.320 e. The van der Waals surface area contributed by atoms with Crippen LogP contribution in [0.2, 0.25) is 0 Å². The molecule has 2 atom stereocenters. The van der Waals surface area contributed by atoms with Gasteiger partial charge in [0.15, 0.2) is 0 Å². The molecule has 1 saturated heterocycles. The molecule has 0 aromatic rings. The third-order valence-corrected chi connectivity index (χ3v) is 4.71. The van der Waals surface area contributed by atoms with E-state index in [1.54, 1.807) is 18.9 Å². The quantitative estimate of drug-likeness (QED) is 0.814. The maximum Gasteiger partial charge on any atom is 0.320 e. The Bertz CT molecular complexity index is 393. The zero-order chi connectivity index (χ0) is 14.9. The summed E-state index contributed by atoms with van der Waals surface area (Å²) in [6, 6.07) is -0.470. The molecule has 1 saturated carbocycles. The molecule has 2 fully saturated rings. The molecule has 6 nitrogen and oxygen atoms in total. The highest BCUT2D eigenvalue weighted by atomic mass is 16.4. The minimum absolute atomic E-state index is 0.179. The first-order valence-electron chi connectivity index (χ1n) is 7.31. The van der Waals surface area contributed by atoms with Gasteiger partial charge in [-0.2, -0.15) is 0 Å². The van der Waals surface area contributed by atoms with Crippen molar-refractivity contribution >= 4 is 12.0 Å². The molecule has 114 valence electrons. The first kappa shape index (κ1) is 15.1. The molecule has 6 heteroatoms. The van der Waals surface area contributed by atoms with Gasteiger partial charge >= 0.3 is 12.0 Å². The second-order valence-electron chi connectivity index (χ2n) is 6.24. The lowest BCUT2D eigenvalue weighted by molar-refractivity contribution is -0.142. The van der Waals surface area contributed by atoms with Crippen LogP contribution in [0.3, 0.4) is 0 Å². The van der Waals surface area contributed by atoms with Crippen LogP contribution < -0.4 is 0 Å². The molecular weight excluding hydrogens is 260 g/mol. The number of carbonyl (C=O) groups excluding carboxylic acids is 1. The summed E-state index contributed by atoms with van der Waals surface area (Å²) in [5.41, 5.74) is -0.764. The SMILES string of the molecule is CC1C(C(=O)O)CCN1C(=O)N(C)CC1(O)CCCC1. The minimum atomic E-state index is -0.843. The lowest BCUT2D eigenvalue weighted by Gasteiger charge is -2.33. The van der Waals surface area contributed by atoms with Crippen LogP contribution in [0.1, 0.15) is 39.0 Å². The summed E-state index contributed by atoms with van der Waals surface area (Å²) < 4.78 is 0. The molecule has 2 aliphatic rings. The van der Waals surface area contributed by atoms with Crippen LogP contribution in [0.15, 0.2) is 0 Å². The van der Waals surface area contributed by atoms with E-state index in [1.165, 1.54) is 4.90 Å². The molecule has 0 spiro atoms. The lowest BCUT2D eigenvalue weighted by Crippen LogP contribution is -2.49. The van der Waals surface area contributed by atoms with E-state index in [-0.39, 0.29) is 12.1 Å². The van der Waals surface area contributed by atoms with Gasteiger partial charge in [-0.25, -0.2) is 4.79 Å². The summed E-state index contributed by atoms with van der Waals surface area (Å²) in [4.78, 5) is 26.6. The number of likely N-dealkylation sites (tertiary alicyclic amines) is 1. The first-order chi connectivity index (χ1) is 9.34. The summed E-state index contributed by atoms with van der Waals surface area (Å²) in [6.45, 7) is 2.58. The van der Waals surface area contributed by atoms with E-state index < -0.39 is 17.5 Å². The van der Waals surface area contributed by atoms with E-state index in [1.807, 2.05) is 0 Å². The van der Waals surface area contributed by atoms with Crippen molar-refractivity contribution in [1.82, 2.24) is 9.80 Å². The van der Waals surface area contributed by atoms with E-state index >= 15 is 0 Å². The van der Waals surface area contributed by atoms with Crippen molar-refractivity contribution in [3.05, 3.63) is 0 Å². The molecule has 1 heterocycles. The van der Waals surface area contributed by atoms with Gasteiger partial charge in [0.1, 0.15) is 0 Å². The van der Waals surface area contributed by atoms with Gasteiger partial charge in [-0.05, 0) is 26.2 Å². The summed E-state index contributed by atoms with van der Waals surface area (Å²) in [6.07, 6.45) is 3.97. The standard InChI is InChI=1S/C14H24N2O4/c1-10-11(12(17)18)5-8-16(10)13(19)15(2)9-14(20)6-3-4-7-14/h10-11,20H,3-9H2,1-2H3,(H,17,18). The fourth-order valence-corrected chi connectivity index (χ4v) is 3.46. The first-order valence-corrected chi connectivity index (χ1v) is 7.31. The van der Waals surface area contributed by atoms with Crippen LogP contribution in [-0.4, -0.2) is 63.8 Å². The van der Waals surface area contributed by atoms with Gasteiger partial charge in [0, 0.05) is 19.6 Å². The van der Waals surface area contributed by atoms with Crippen molar-refractivity contribution in [3.8, 4) is 0 Å². The number of carbonyl (C=O) groups is 2. The van der Waals surface area contributed by atoms with E-state index in [9.17, 15) is 14.7 Å². The van der Waals surface area contributed by atoms with Crippen molar-refractivity contribution in [3.63, 3.8) is 0 Å². The molecule has 2 unspecified atom stereocenters. The lowest BCUT2D eigenvalue weighted by atomic mass is 10.0. The van der Waals surface area contributed by atoms with E-state index in [0.29, 0.717) is 19.5 Å². The number of nitrogens with zero attached hydrogens (tertiary/aromatic N) is 2. The largest absolute Gasteiger partial charge is 0.481 e. The van der Waals surface area contributed by atoms with Gasteiger partial charge < -0.3 is 20.0 Å². The van der Waals surface area contributed by atoms with Crippen molar-refractivity contribution in [1.29, 1.82) is 0 Å². The zero-order valence-electron chi connectivity index (χ0n) is 12.2. The normalized spacial score (nSPS) is 28.6. The second-order valence-corrected chi connectivity index (χ2v) is 6.24. The van der Waals surface area contributed by atoms with E-state index in [2.05, 4.69) is 0 Å². The highest BCUT2D eigenvalue weighted by Crippen LogP contribution is 2.31. The maximum absolute atomic E-state index is 12.4. The van der Waals surface area contributed by atoms with Crippen LogP contribution in [0.4, 0.5) is 4.79 Å². The Labute approximate surface area is 119 Å². The number of rotatable bonds is 3. The number of aliphatic hydroxyl groups is 1. The average Bonchev–Trinajstić information content (AvgIpc) is 2.95. The Kier molecular flexibility index (Phi) is 4.22. The topological polar surface area (TPSA) is 81.1 Å². The summed E-state index contributed by atoms with van der Waals surface area (Å²) in [5.74, 6) is -1.33. The van der Waals surface area contributed by atoms with Gasteiger partial charge in [-0.15, -0.1) is 0 Å². The Hall–Kier alpha value is -1.30. The molecule has 0 aromatic carbocycles. The van der Waals surface area contributed by atoms with Crippen molar-refractivity contribution in [2.75, 3.05) is 20.1 Å². The molecule has 0 radical (unpaired) electrons. The maximum atomic E-state index is 12.4. The van der Waals surface area contributed by atoms with Crippen molar-refractivity contribution in [2.45, 2.75) is 50.7 Å². The fraction of sp³-hybridized carbons (Fsp3) is 0.857. The molecule has 0 bridgehead atoms. The Morgan fingerprint density at radius 1 is 1.35 bits per heavy atom. The van der Waals surface area contributed by atoms with E-state index in [0.717, 1.165) is 25.7 Å². The number of amides is 2. The molecule has 0 aromatic heterocycles. The Morgan fingerprint density at radius 3 is 2.45 bits per heavy atom. The third kappa shape index (κ3) is 2.90. The second kappa shape index (κ2) is 5.60. The van der Waals surface area contributed by atoms with Gasteiger partial charge in [0.05, 0.1) is 18.1 Å². The predicted molar refractivity (Wildman–Crippen MR) is 73.4 cm³/mol. The number of aliphatic carboxylic acids is 1. The number of urea groups is 1. The highest BCUT2D eigenvalue weighted by molar-refractivity contribution is 5.78. The van der Waals surface area contributed by atoms with Crippen LogP contribution in [-0.2, 0) is 4.79 Å². The van der Waals surface area contributed by atoms with Crippen molar-refractivity contribution < 1.29 is 19.8 Å². The number of carboxylic acid groups (broad SMARTS) is 1. The van der Waals surface area contributed by atoms with Gasteiger partial charge in [-0.3, -0.25) is 4.79 Å². The van der Waals surface area contributed by atoms with E-state index in [4.69, 9.17) is 5.11 Å². The van der Waals surface area contributed by atoms with Crippen LogP contribution in [0, 0.1) is 5.92 Å². The highest BCUT2D eigenvalue weighted by Gasteiger charge is 2.40. The minimum Gasteiger partial charge on any atom is -0.481 e. The molecule has 1 aliphatic carbocycles. The summed E-state index contributed by atoms with van der Waals surface area (Å²) >= 11 is 0.